The van der Waals surface area contributed by atoms with E-state index in [0.717, 1.165) is 5.69 Å². The highest BCUT2D eigenvalue weighted by molar-refractivity contribution is 7.80. The molecular formula is C17H25N3O3S. The third kappa shape index (κ3) is 7.52. The van der Waals surface area contributed by atoms with Crippen LogP contribution in [0.3, 0.4) is 0 Å². The number of anilines is 1. The number of nitrogens with one attached hydrogen (secondary N) is 3. The molecule has 1 aromatic rings. The van der Waals surface area contributed by atoms with Crippen LogP contribution in [-0.4, -0.2) is 41.1 Å². The minimum Gasteiger partial charge on any atom is -0.396 e. The topological polar surface area (TPSA) is 90.5 Å². The first-order chi connectivity index (χ1) is 11.5. The first kappa shape index (κ1) is 20.1. The second-order valence-electron chi connectivity index (χ2n) is 5.91. The van der Waals surface area contributed by atoms with Gasteiger partial charge < -0.3 is 25.9 Å². The van der Waals surface area contributed by atoms with Crippen molar-refractivity contribution in [1.29, 1.82) is 0 Å². The first-order valence-electron chi connectivity index (χ1n) is 7.95. The molecule has 1 aromatic carbocycles. The molecule has 2 unspecified atom stereocenters. The Bertz CT molecular complexity index is 537. The molecule has 0 heterocycles. The number of hydrogen-bond donors (Lipinski definition) is 4. The fourth-order valence-corrected chi connectivity index (χ4v) is 2.41. The van der Waals surface area contributed by atoms with Crippen molar-refractivity contribution in [3.63, 3.8) is 0 Å². The number of carbonyl (C=O) groups excluding carboxylic acids is 2. The molecule has 6 nitrogen and oxygen atoms in total. The summed E-state index contributed by atoms with van der Waals surface area (Å²) in [5.41, 5.74) is 0.824. The van der Waals surface area contributed by atoms with E-state index >= 15 is 0 Å². The van der Waals surface area contributed by atoms with Crippen LogP contribution in [0.5, 0.6) is 0 Å². The highest BCUT2D eigenvalue weighted by atomic mass is 32.1. The summed E-state index contributed by atoms with van der Waals surface area (Å²) in [7, 11) is 0. The molecule has 0 aliphatic rings. The van der Waals surface area contributed by atoms with E-state index in [1.54, 1.807) is 0 Å². The Kier molecular flexibility index (Phi) is 8.96. The van der Waals surface area contributed by atoms with Crippen LogP contribution in [0.15, 0.2) is 30.3 Å². The fourth-order valence-electron chi connectivity index (χ4n) is 2.15. The molecule has 0 bridgehead atoms. The van der Waals surface area contributed by atoms with Gasteiger partial charge in [-0.1, -0.05) is 32.0 Å². The lowest BCUT2D eigenvalue weighted by Crippen LogP contribution is -2.51. The summed E-state index contributed by atoms with van der Waals surface area (Å²) in [6.45, 7) is 3.83. The van der Waals surface area contributed by atoms with Crippen LogP contribution in [0.4, 0.5) is 5.69 Å². The molecule has 0 spiro atoms. The summed E-state index contributed by atoms with van der Waals surface area (Å²) in [6, 6.07) is 8.14. The van der Waals surface area contributed by atoms with E-state index in [0.29, 0.717) is 17.8 Å². The number of hydrogen-bond acceptors (Lipinski definition) is 4. The molecule has 0 radical (unpaired) electrons. The van der Waals surface area contributed by atoms with Crippen molar-refractivity contribution in [1.82, 2.24) is 10.6 Å². The van der Waals surface area contributed by atoms with Gasteiger partial charge in [-0.15, -0.1) is 0 Å². The van der Waals surface area contributed by atoms with Crippen LogP contribution < -0.4 is 16.0 Å². The van der Waals surface area contributed by atoms with Gasteiger partial charge >= 0.3 is 0 Å². The lowest BCUT2D eigenvalue weighted by atomic mass is 10.0. The molecule has 0 fully saturated rings. The Morgan fingerprint density at radius 1 is 1.25 bits per heavy atom. The molecule has 7 heteroatoms. The zero-order valence-electron chi connectivity index (χ0n) is 14.0. The van der Waals surface area contributed by atoms with Crippen LogP contribution in [0.2, 0.25) is 0 Å². The van der Waals surface area contributed by atoms with Crippen molar-refractivity contribution in [2.24, 2.45) is 5.92 Å². The van der Waals surface area contributed by atoms with Gasteiger partial charge in [-0.3, -0.25) is 4.79 Å². The van der Waals surface area contributed by atoms with Crippen LogP contribution in [-0.2, 0) is 9.59 Å². The number of aliphatic hydroxyl groups excluding tert-OH is 1. The van der Waals surface area contributed by atoms with E-state index in [2.05, 4.69) is 16.0 Å². The summed E-state index contributed by atoms with van der Waals surface area (Å²) in [5.74, 6) is -0.0493. The van der Waals surface area contributed by atoms with E-state index in [1.807, 2.05) is 44.2 Å². The van der Waals surface area contributed by atoms with Gasteiger partial charge in [-0.2, -0.15) is 0 Å². The average molecular weight is 351 g/mol. The Morgan fingerprint density at radius 3 is 2.46 bits per heavy atom. The van der Waals surface area contributed by atoms with Crippen molar-refractivity contribution >= 4 is 35.2 Å². The van der Waals surface area contributed by atoms with Gasteiger partial charge in [-0.05, 0) is 43.1 Å². The molecule has 2 atom stereocenters. The highest BCUT2D eigenvalue weighted by Crippen LogP contribution is 2.08. The number of carbonyl (C=O) groups is 2. The molecule has 0 saturated heterocycles. The summed E-state index contributed by atoms with van der Waals surface area (Å²) in [5, 5.41) is 17.9. The lowest BCUT2D eigenvalue weighted by Gasteiger charge is -2.23. The van der Waals surface area contributed by atoms with Gasteiger partial charge in [0.05, 0.1) is 6.04 Å². The van der Waals surface area contributed by atoms with Crippen molar-refractivity contribution in [3.8, 4) is 0 Å². The fraction of sp³-hybridized carbons (Fsp3) is 0.471. The molecule has 1 rings (SSSR count). The zero-order chi connectivity index (χ0) is 17.9. The number of thiocarbonyl (C=S) groups is 1. The van der Waals surface area contributed by atoms with E-state index < -0.39 is 12.1 Å². The number of aliphatic hydroxyl groups is 1. The maximum Gasteiger partial charge on any atom is 0.243 e. The number of benzene rings is 1. The minimum atomic E-state index is -0.699. The molecule has 24 heavy (non-hydrogen) atoms. The highest BCUT2D eigenvalue weighted by Gasteiger charge is 2.23. The van der Waals surface area contributed by atoms with Gasteiger partial charge in [0.25, 0.3) is 0 Å². The van der Waals surface area contributed by atoms with E-state index in [-0.39, 0.29) is 24.9 Å². The van der Waals surface area contributed by atoms with Gasteiger partial charge in [0.15, 0.2) is 5.11 Å². The number of rotatable bonds is 9. The Morgan fingerprint density at radius 2 is 1.92 bits per heavy atom. The van der Waals surface area contributed by atoms with Crippen molar-refractivity contribution in [2.45, 2.75) is 38.8 Å². The third-order valence-electron chi connectivity index (χ3n) is 3.29. The molecule has 0 saturated carbocycles. The smallest absolute Gasteiger partial charge is 0.243 e. The van der Waals surface area contributed by atoms with Crippen LogP contribution in [0.1, 0.15) is 26.7 Å². The quantitative estimate of drug-likeness (QED) is 0.398. The first-order valence-corrected chi connectivity index (χ1v) is 8.36. The molecule has 0 aliphatic heterocycles. The summed E-state index contributed by atoms with van der Waals surface area (Å²) in [6.07, 6.45) is 1.38. The molecular weight excluding hydrogens is 326 g/mol. The maximum absolute atomic E-state index is 12.4. The second kappa shape index (κ2) is 10.7. The van der Waals surface area contributed by atoms with Crippen molar-refractivity contribution < 1.29 is 14.7 Å². The molecule has 0 aromatic heterocycles. The summed E-state index contributed by atoms with van der Waals surface area (Å²) in [4.78, 5) is 23.4. The lowest BCUT2D eigenvalue weighted by molar-refractivity contribution is -0.126. The van der Waals surface area contributed by atoms with Crippen LogP contribution in [0, 0.1) is 5.92 Å². The van der Waals surface area contributed by atoms with E-state index in [9.17, 15) is 9.59 Å². The predicted molar refractivity (Wildman–Crippen MR) is 98.7 cm³/mol. The Labute approximate surface area is 148 Å². The van der Waals surface area contributed by atoms with E-state index in [4.69, 9.17) is 17.3 Å². The average Bonchev–Trinajstić information content (AvgIpc) is 2.54. The molecule has 132 valence electrons. The molecule has 1 amide bonds. The van der Waals surface area contributed by atoms with Crippen LogP contribution >= 0.6 is 12.2 Å². The number of amides is 1. The number of para-hydroxylation sites is 1. The monoisotopic (exact) mass is 351 g/mol. The van der Waals surface area contributed by atoms with Gasteiger partial charge in [0, 0.05) is 12.3 Å². The van der Waals surface area contributed by atoms with Gasteiger partial charge in [0.1, 0.15) is 12.3 Å². The van der Waals surface area contributed by atoms with Crippen molar-refractivity contribution in [3.05, 3.63) is 30.3 Å². The Hall–Kier alpha value is -1.99. The Balaban J connectivity index is 2.68. The normalized spacial score (nSPS) is 13.0. The summed E-state index contributed by atoms with van der Waals surface area (Å²) < 4.78 is 0. The van der Waals surface area contributed by atoms with E-state index in [1.165, 1.54) is 0 Å². The third-order valence-corrected chi connectivity index (χ3v) is 3.51. The predicted octanol–water partition coefficient (Wildman–Crippen LogP) is 1.45. The van der Waals surface area contributed by atoms with Gasteiger partial charge in [-0.25, -0.2) is 0 Å². The molecule has 0 aliphatic carbocycles. The van der Waals surface area contributed by atoms with Crippen molar-refractivity contribution in [2.75, 3.05) is 11.9 Å². The second-order valence-corrected chi connectivity index (χ2v) is 6.32. The maximum atomic E-state index is 12.4. The SMILES string of the molecule is CC(C)CC(NC(=S)Nc1ccccc1)C(=O)NC(C=O)CCO. The molecule has 4 N–H and O–H groups in total. The minimum absolute atomic E-state index is 0.167. The number of aldehydes is 1. The largest absolute Gasteiger partial charge is 0.396 e. The zero-order valence-corrected chi connectivity index (χ0v) is 14.8. The van der Waals surface area contributed by atoms with Gasteiger partial charge in [0.2, 0.25) is 5.91 Å². The summed E-state index contributed by atoms with van der Waals surface area (Å²) >= 11 is 5.27. The van der Waals surface area contributed by atoms with Crippen LogP contribution in [0.25, 0.3) is 0 Å². The standard InChI is InChI=1S/C17H25N3O3S/c1-12(2)10-15(16(23)18-14(11-22)8-9-21)20-17(24)19-13-6-4-3-5-7-13/h3-7,11-12,14-15,21H,8-10H2,1-2H3,(H,18,23)(H2,19,20,24).